The van der Waals surface area contributed by atoms with E-state index in [9.17, 15) is 30.2 Å². The third kappa shape index (κ3) is 9.57. The zero-order valence-corrected chi connectivity index (χ0v) is 29.7. The van der Waals surface area contributed by atoms with Gasteiger partial charge in [0.05, 0.1) is 36.3 Å². The first-order chi connectivity index (χ1) is 25.0. The highest BCUT2D eigenvalue weighted by Crippen LogP contribution is 2.35. The molecule has 0 saturated carbocycles. The van der Waals surface area contributed by atoms with E-state index in [0.29, 0.717) is 53.4 Å². The number of likely N-dealkylation sites (tertiary alicyclic amines) is 1. The number of carboxylic acids is 1. The monoisotopic (exact) mass is 728 g/mol. The smallest absolute Gasteiger partial charge is 0.326 e. The Labute approximate surface area is 307 Å². The maximum atomic E-state index is 12.4. The lowest BCUT2D eigenvalue weighted by Gasteiger charge is -2.25. The summed E-state index contributed by atoms with van der Waals surface area (Å²) in [6, 6.07) is 20.5. The molecule has 2 atom stereocenters. The van der Waals surface area contributed by atoms with Crippen molar-refractivity contribution in [1.29, 1.82) is 5.26 Å². The zero-order valence-electron chi connectivity index (χ0n) is 29.0. The minimum absolute atomic E-state index is 0.0119. The second-order valence-electron chi connectivity index (χ2n) is 12.8. The van der Waals surface area contributed by atoms with Gasteiger partial charge in [0.15, 0.2) is 0 Å². The topological polar surface area (TPSA) is 174 Å². The second kappa shape index (κ2) is 17.4. The molecule has 1 amide bonds. The van der Waals surface area contributed by atoms with Crippen molar-refractivity contribution in [3.63, 3.8) is 0 Å². The highest BCUT2D eigenvalue weighted by molar-refractivity contribution is 6.32. The van der Waals surface area contributed by atoms with Crippen LogP contribution in [0.3, 0.4) is 0 Å². The van der Waals surface area contributed by atoms with Gasteiger partial charge in [-0.3, -0.25) is 19.9 Å². The molecular weight excluding hydrogens is 688 g/mol. The third-order valence-electron chi connectivity index (χ3n) is 8.97. The number of carboxylic acid groups (broad SMARTS) is 1. The van der Waals surface area contributed by atoms with Gasteiger partial charge in [-0.1, -0.05) is 41.9 Å². The van der Waals surface area contributed by atoms with Gasteiger partial charge in [0.1, 0.15) is 42.1 Å². The van der Waals surface area contributed by atoms with Crippen LogP contribution in [0.5, 0.6) is 17.2 Å². The summed E-state index contributed by atoms with van der Waals surface area (Å²) in [5, 5.41) is 41.5. The lowest BCUT2D eigenvalue weighted by atomic mass is 9.96. The van der Waals surface area contributed by atoms with Crippen molar-refractivity contribution in [2.45, 2.75) is 58.1 Å². The number of carbonyl (C=O) groups is 2. The minimum atomic E-state index is -1.60. The maximum absolute atomic E-state index is 12.4. The second-order valence-corrected chi connectivity index (χ2v) is 13.2. The van der Waals surface area contributed by atoms with Crippen molar-refractivity contribution in [1.82, 2.24) is 15.2 Å². The van der Waals surface area contributed by atoms with Crippen molar-refractivity contribution < 1.29 is 39.1 Å². The van der Waals surface area contributed by atoms with E-state index < -0.39 is 24.2 Å². The molecular formula is C39H41ClN4O8. The number of pyridine rings is 1. The Hall–Kier alpha value is -5.19. The molecule has 1 fully saturated rings. The average Bonchev–Trinajstić information content (AvgIpc) is 3.59. The minimum Gasteiger partial charge on any atom is -0.493 e. The number of halogens is 1. The Bertz CT molecular complexity index is 1950. The zero-order chi connectivity index (χ0) is 37.3. The van der Waals surface area contributed by atoms with E-state index in [4.69, 9.17) is 25.8 Å². The first-order valence-electron chi connectivity index (χ1n) is 16.8. The van der Waals surface area contributed by atoms with Gasteiger partial charge < -0.3 is 34.4 Å². The Balaban J connectivity index is 1.30. The van der Waals surface area contributed by atoms with E-state index in [-0.39, 0.29) is 43.7 Å². The normalized spacial score (nSPS) is 15.1. The van der Waals surface area contributed by atoms with Crippen LogP contribution >= 0.6 is 11.6 Å². The van der Waals surface area contributed by atoms with Gasteiger partial charge in [-0.2, -0.15) is 5.26 Å². The predicted molar refractivity (Wildman–Crippen MR) is 193 cm³/mol. The van der Waals surface area contributed by atoms with E-state index in [0.717, 1.165) is 22.3 Å². The molecule has 0 radical (unpaired) electrons. The quantitative estimate of drug-likeness (QED) is 0.122. The Morgan fingerprint density at radius 1 is 1.06 bits per heavy atom. The summed E-state index contributed by atoms with van der Waals surface area (Å²) in [5.41, 5.74) is 3.76. The van der Waals surface area contributed by atoms with Crippen molar-refractivity contribution in [2.24, 2.45) is 0 Å². The van der Waals surface area contributed by atoms with E-state index >= 15 is 0 Å². The number of ether oxygens (including phenoxy) is 3. The number of nitrogens with one attached hydrogen (secondary N) is 1. The molecule has 3 aromatic carbocycles. The number of hydrogen-bond donors (Lipinski definition) is 4. The Morgan fingerprint density at radius 3 is 2.58 bits per heavy atom. The fourth-order valence-corrected chi connectivity index (χ4v) is 5.92. The molecule has 0 spiro atoms. The number of β-amino-alcohol motifs (C(OH)–C–C–N with tert-alkyl or cyclic N) is 1. The molecule has 0 bridgehead atoms. The predicted octanol–water partition coefficient (Wildman–Crippen LogP) is 5.03. The molecule has 272 valence electrons. The van der Waals surface area contributed by atoms with E-state index in [1.54, 1.807) is 29.3 Å². The number of aromatic nitrogens is 1. The highest BCUT2D eigenvalue weighted by Gasteiger charge is 2.32. The van der Waals surface area contributed by atoms with Gasteiger partial charge >= 0.3 is 5.97 Å². The molecule has 1 aliphatic heterocycles. The van der Waals surface area contributed by atoms with E-state index in [1.807, 2.05) is 49.4 Å². The number of carbonyl (C=O) groups excluding carboxylic acids is 1. The van der Waals surface area contributed by atoms with Crippen LogP contribution in [0.1, 0.15) is 47.6 Å². The van der Waals surface area contributed by atoms with Crippen LogP contribution in [0, 0.1) is 18.3 Å². The average molecular weight is 729 g/mol. The molecule has 2 unspecified atom stereocenters. The number of aliphatic hydroxyl groups is 2. The molecule has 12 nitrogen and oxygen atoms in total. The molecule has 0 aliphatic carbocycles. The summed E-state index contributed by atoms with van der Waals surface area (Å²) >= 11 is 6.69. The molecule has 2 heterocycles. The Kier molecular flexibility index (Phi) is 12.7. The molecule has 1 saturated heterocycles. The summed E-state index contributed by atoms with van der Waals surface area (Å²) in [4.78, 5) is 30.0. The standard InChI is InChI=1S/C39H41ClN4O8/c1-25-29(6-4-8-33(25)28-5-3-7-32(14-28)50-12-10-37(47)44-11-9-31(46)21-44)23-52-36-16-35(51-22-27-13-26(17-41)18-42-19-27)30(15-34(36)40)20-43-39(2,24-45)38(48)49/h3-8,13-16,18-19,31,43,45-46H,9-12,20-24H2,1-2H3,(H,48,49). The summed E-state index contributed by atoms with van der Waals surface area (Å²) in [6.45, 7) is 4.15. The summed E-state index contributed by atoms with van der Waals surface area (Å²) in [5.74, 6) is 0.0883. The number of nitrogens with zero attached hydrogens (tertiary/aromatic N) is 3. The number of nitriles is 1. The van der Waals surface area contributed by atoms with Crippen LogP contribution in [0.25, 0.3) is 11.1 Å². The largest absolute Gasteiger partial charge is 0.493 e. The summed E-state index contributed by atoms with van der Waals surface area (Å²) < 4.78 is 18.3. The molecule has 1 aliphatic rings. The van der Waals surface area contributed by atoms with Crippen molar-refractivity contribution in [2.75, 3.05) is 26.3 Å². The van der Waals surface area contributed by atoms with Gasteiger partial charge in [0.2, 0.25) is 5.91 Å². The fraction of sp³-hybridized carbons (Fsp3) is 0.333. The van der Waals surface area contributed by atoms with E-state index in [1.165, 1.54) is 13.1 Å². The number of hydrogen-bond acceptors (Lipinski definition) is 10. The molecule has 52 heavy (non-hydrogen) atoms. The van der Waals surface area contributed by atoms with Crippen LogP contribution in [0.2, 0.25) is 5.02 Å². The lowest BCUT2D eigenvalue weighted by molar-refractivity contribution is -0.146. The van der Waals surface area contributed by atoms with Crippen LogP contribution < -0.4 is 19.5 Å². The van der Waals surface area contributed by atoms with Gasteiger partial charge in [-0.05, 0) is 66.8 Å². The van der Waals surface area contributed by atoms with Crippen LogP contribution in [0.15, 0.2) is 73.1 Å². The lowest BCUT2D eigenvalue weighted by Crippen LogP contribution is -2.52. The Morgan fingerprint density at radius 2 is 1.85 bits per heavy atom. The van der Waals surface area contributed by atoms with E-state index in [2.05, 4.69) is 16.4 Å². The van der Waals surface area contributed by atoms with Gasteiger partial charge in [-0.25, -0.2) is 0 Å². The number of aliphatic hydroxyl groups excluding tert-OH is 2. The van der Waals surface area contributed by atoms with Crippen LogP contribution in [0.4, 0.5) is 0 Å². The molecule has 4 aromatic rings. The third-order valence-corrected chi connectivity index (χ3v) is 9.26. The van der Waals surface area contributed by atoms with Crippen LogP contribution in [-0.2, 0) is 29.3 Å². The number of benzene rings is 3. The first-order valence-corrected chi connectivity index (χ1v) is 17.2. The maximum Gasteiger partial charge on any atom is 0.326 e. The molecule has 4 N–H and O–H groups in total. The fourth-order valence-electron chi connectivity index (χ4n) is 5.68. The van der Waals surface area contributed by atoms with Crippen molar-refractivity contribution in [3.05, 3.63) is 106 Å². The number of rotatable bonds is 16. The first kappa shape index (κ1) is 38.1. The summed E-state index contributed by atoms with van der Waals surface area (Å²) in [6.07, 6.45) is 3.41. The SMILES string of the molecule is Cc1c(COc2cc(OCc3cncc(C#N)c3)c(CNC(C)(CO)C(=O)O)cc2Cl)cccc1-c1cccc(OCCC(=O)N2CCC(O)C2)c1. The van der Waals surface area contributed by atoms with Crippen molar-refractivity contribution >= 4 is 23.5 Å². The van der Waals surface area contributed by atoms with Gasteiger partial charge in [0.25, 0.3) is 0 Å². The van der Waals surface area contributed by atoms with Gasteiger partial charge in [0, 0.05) is 49.2 Å². The molecule has 1 aromatic heterocycles. The molecule has 5 rings (SSSR count). The highest BCUT2D eigenvalue weighted by atomic mass is 35.5. The number of amides is 1. The molecule has 13 heteroatoms. The van der Waals surface area contributed by atoms with Gasteiger partial charge in [-0.15, -0.1) is 0 Å². The number of aliphatic carboxylic acids is 1. The van der Waals surface area contributed by atoms with Crippen molar-refractivity contribution in [3.8, 4) is 34.4 Å². The van der Waals surface area contributed by atoms with Crippen LogP contribution in [-0.4, -0.2) is 75.0 Å². The summed E-state index contributed by atoms with van der Waals surface area (Å²) in [7, 11) is 0.